The highest BCUT2D eigenvalue weighted by molar-refractivity contribution is 7.12. The molecule has 2 aliphatic rings. The normalized spacial score (nSPS) is 17.2. The Hall–Kier alpha value is -3.07. The lowest BCUT2D eigenvalue weighted by Crippen LogP contribution is -2.47. The Morgan fingerprint density at radius 1 is 1.10 bits per heavy atom. The molecule has 0 aliphatic carbocycles. The summed E-state index contributed by atoms with van der Waals surface area (Å²) in [5.74, 6) is -0.0503. The summed E-state index contributed by atoms with van der Waals surface area (Å²) in [4.78, 5) is 40.7. The third-order valence-electron chi connectivity index (χ3n) is 5.13. The van der Waals surface area contributed by atoms with Gasteiger partial charge in [0.15, 0.2) is 0 Å². The maximum absolute atomic E-state index is 12.6. The fourth-order valence-electron chi connectivity index (χ4n) is 3.56. The summed E-state index contributed by atoms with van der Waals surface area (Å²) in [5, 5.41) is 10.6. The fourth-order valence-corrected chi connectivity index (χ4v) is 4.19. The van der Waals surface area contributed by atoms with Gasteiger partial charge in [0.25, 0.3) is 5.91 Å². The van der Waals surface area contributed by atoms with Crippen molar-refractivity contribution in [2.75, 3.05) is 36.4 Å². The Morgan fingerprint density at radius 2 is 1.93 bits per heavy atom. The van der Waals surface area contributed by atoms with Crippen LogP contribution in [0.4, 0.5) is 21.0 Å². The maximum Gasteiger partial charge on any atom is 0.321 e. The van der Waals surface area contributed by atoms with E-state index in [0.717, 1.165) is 18.5 Å². The van der Waals surface area contributed by atoms with Crippen molar-refractivity contribution in [1.82, 2.24) is 15.5 Å². The number of piperidine rings is 1. The van der Waals surface area contributed by atoms with Gasteiger partial charge in [-0.25, -0.2) is 9.59 Å². The molecule has 2 fully saturated rings. The van der Waals surface area contributed by atoms with Gasteiger partial charge in [0.05, 0.1) is 4.88 Å². The number of amides is 5. The zero-order valence-electron chi connectivity index (χ0n) is 15.9. The van der Waals surface area contributed by atoms with Crippen molar-refractivity contribution in [1.29, 1.82) is 0 Å². The zero-order valence-corrected chi connectivity index (χ0v) is 16.7. The minimum Gasteiger partial charge on any atom is -0.348 e. The van der Waals surface area contributed by atoms with Crippen LogP contribution in [0.5, 0.6) is 0 Å². The molecule has 3 N–H and O–H groups in total. The Balaban J connectivity index is 1.29. The standard InChI is InChI=1S/C20H23N5O3S/c26-18(17-5-2-12-29-17)22-14-6-9-24(10-7-14)20(28)23-15-3-1-4-16(13-15)25-11-8-21-19(25)27/h1-5,12-14H,6-11H2,(H,21,27)(H,22,26)(H,23,28). The SMILES string of the molecule is O=C(NC1CCN(C(=O)Nc2cccc(N3CCNC3=O)c2)CC1)c1cccs1. The van der Waals surface area contributed by atoms with Crippen molar-refractivity contribution in [2.24, 2.45) is 0 Å². The molecule has 2 saturated heterocycles. The van der Waals surface area contributed by atoms with Crippen molar-refractivity contribution in [3.8, 4) is 0 Å². The molecule has 0 atom stereocenters. The first-order valence-electron chi connectivity index (χ1n) is 9.66. The first kappa shape index (κ1) is 19.3. The molecular weight excluding hydrogens is 390 g/mol. The van der Waals surface area contributed by atoms with Gasteiger partial charge in [-0.3, -0.25) is 9.69 Å². The molecule has 2 aromatic rings. The van der Waals surface area contributed by atoms with Gasteiger partial charge in [0.2, 0.25) is 0 Å². The fraction of sp³-hybridized carbons (Fsp3) is 0.350. The Labute approximate surface area is 172 Å². The van der Waals surface area contributed by atoms with Crippen molar-refractivity contribution in [2.45, 2.75) is 18.9 Å². The highest BCUT2D eigenvalue weighted by Gasteiger charge is 2.25. The van der Waals surface area contributed by atoms with Gasteiger partial charge in [-0.15, -0.1) is 11.3 Å². The second-order valence-electron chi connectivity index (χ2n) is 7.08. The molecule has 3 heterocycles. The molecule has 152 valence electrons. The summed E-state index contributed by atoms with van der Waals surface area (Å²) in [6, 6.07) is 10.7. The van der Waals surface area contributed by atoms with Gasteiger partial charge in [-0.1, -0.05) is 12.1 Å². The lowest BCUT2D eigenvalue weighted by Gasteiger charge is -2.32. The minimum atomic E-state index is -0.170. The number of nitrogens with one attached hydrogen (secondary N) is 3. The second-order valence-corrected chi connectivity index (χ2v) is 8.02. The number of anilines is 2. The van der Waals surface area contributed by atoms with E-state index in [1.54, 1.807) is 15.9 Å². The van der Waals surface area contributed by atoms with E-state index in [1.807, 2.05) is 35.7 Å². The molecule has 9 heteroatoms. The lowest BCUT2D eigenvalue weighted by molar-refractivity contribution is 0.0923. The highest BCUT2D eigenvalue weighted by Crippen LogP contribution is 2.22. The van der Waals surface area contributed by atoms with E-state index in [-0.39, 0.29) is 24.0 Å². The van der Waals surface area contributed by atoms with E-state index in [0.29, 0.717) is 36.7 Å². The Morgan fingerprint density at radius 3 is 2.62 bits per heavy atom. The molecule has 4 rings (SSSR count). The lowest BCUT2D eigenvalue weighted by atomic mass is 10.1. The molecule has 8 nitrogen and oxygen atoms in total. The summed E-state index contributed by atoms with van der Waals surface area (Å²) < 4.78 is 0. The van der Waals surface area contributed by atoms with Crippen molar-refractivity contribution >= 4 is 40.7 Å². The molecule has 0 unspecified atom stereocenters. The van der Waals surface area contributed by atoms with Crippen molar-refractivity contribution in [3.63, 3.8) is 0 Å². The van der Waals surface area contributed by atoms with Crippen LogP contribution >= 0.6 is 11.3 Å². The molecule has 29 heavy (non-hydrogen) atoms. The number of likely N-dealkylation sites (tertiary alicyclic amines) is 1. The number of urea groups is 2. The number of carbonyl (C=O) groups excluding carboxylic acids is 3. The van der Waals surface area contributed by atoms with Crippen LogP contribution in [0.1, 0.15) is 22.5 Å². The highest BCUT2D eigenvalue weighted by atomic mass is 32.1. The van der Waals surface area contributed by atoms with Gasteiger partial charge in [-0.05, 0) is 42.5 Å². The first-order chi connectivity index (χ1) is 14.1. The molecule has 1 aromatic carbocycles. The van der Waals surface area contributed by atoms with E-state index in [1.165, 1.54) is 11.3 Å². The number of rotatable bonds is 4. The predicted octanol–water partition coefficient (Wildman–Crippen LogP) is 2.70. The smallest absolute Gasteiger partial charge is 0.321 e. The van der Waals surface area contributed by atoms with Crippen LogP contribution in [0.2, 0.25) is 0 Å². The Kier molecular flexibility index (Phi) is 5.66. The Bertz CT molecular complexity index is 893. The van der Waals surface area contributed by atoms with Crippen molar-refractivity contribution < 1.29 is 14.4 Å². The van der Waals surface area contributed by atoms with Crippen LogP contribution in [-0.4, -0.2) is 55.1 Å². The first-order valence-corrected chi connectivity index (χ1v) is 10.5. The third-order valence-corrected chi connectivity index (χ3v) is 6.00. The number of thiophene rings is 1. The number of nitrogens with zero attached hydrogens (tertiary/aromatic N) is 2. The van der Waals surface area contributed by atoms with Crippen LogP contribution in [0, 0.1) is 0 Å². The van der Waals surface area contributed by atoms with Crippen LogP contribution in [0.15, 0.2) is 41.8 Å². The molecule has 2 aliphatic heterocycles. The maximum atomic E-state index is 12.6. The monoisotopic (exact) mass is 413 g/mol. The van der Waals surface area contributed by atoms with Crippen LogP contribution in [0.25, 0.3) is 0 Å². The average molecular weight is 414 g/mol. The summed E-state index contributed by atoms with van der Waals surface area (Å²) >= 11 is 1.42. The number of carbonyl (C=O) groups is 3. The van der Waals surface area contributed by atoms with Crippen LogP contribution < -0.4 is 20.9 Å². The van der Waals surface area contributed by atoms with E-state index in [2.05, 4.69) is 16.0 Å². The largest absolute Gasteiger partial charge is 0.348 e. The zero-order chi connectivity index (χ0) is 20.2. The van der Waals surface area contributed by atoms with Crippen LogP contribution in [0.3, 0.4) is 0 Å². The van der Waals surface area contributed by atoms with E-state index >= 15 is 0 Å². The van der Waals surface area contributed by atoms with E-state index < -0.39 is 0 Å². The average Bonchev–Trinajstić information content (AvgIpc) is 3.40. The van der Waals surface area contributed by atoms with Gasteiger partial charge >= 0.3 is 12.1 Å². The third kappa shape index (κ3) is 4.51. The number of hydrogen-bond donors (Lipinski definition) is 3. The molecule has 5 amide bonds. The van der Waals surface area contributed by atoms with Gasteiger partial charge < -0.3 is 20.9 Å². The van der Waals surface area contributed by atoms with Gasteiger partial charge in [0, 0.05) is 43.6 Å². The molecule has 0 spiro atoms. The van der Waals surface area contributed by atoms with Gasteiger partial charge in [0.1, 0.15) is 0 Å². The topological polar surface area (TPSA) is 93.8 Å². The second kappa shape index (κ2) is 8.52. The molecule has 1 aromatic heterocycles. The van der Waals surface area contributed by atoms with E-state index in [9.17, 15) is 14.4 Å². The summed E-state index contributed by atoms with van der Waals surface area (Å²) in [6.07, 6.45) is 1.44. The summed E-state index contributed by atoms with van der Waals surface area (Å²) in [7, 11) is 0. The predicted molar refractivity (Wildman–Crippen MR) is 113 cm³/mol. The summed E-state index contributed by atoms with van der Waals surface area (Å²) in [6.45, 7) is 2.39. The molecule has 0 radical (unpaired) electrons. The van der Waals surface area contributed by atoms with Crippen LogP contribution in [-0.2, 0) is 0 Å². The van der Waals surface area contributed by atoms with E-state index in [4.69, 9.17) is 0 Å². The summed E-state index contributed by atoms with van der Waals surface area (Å²) in [5.41, 5.74) is 1.41. The molecule has 0 saturated carbocycles. The van der Waals surface area contributed by atoms with Crippen molar-refractivity contribution in [3.05, 3.63) is 46.7 Å². The molecular formula is C20H23N5O3S. The minimum absolute atomic E-state index is 0.0503. The number of benzene rings is 1. The quantitative estimate of drug-likeness (QED) is 0.719. The van der Waals surface area contributed by atoms with Gasteiger partial charge in [-0.2, -0.15) is 0 Å². The number of hydrogen-bond acceptors (Lipinski definition) is 4. The molecule has 0 bridgehead atoms.